The number of nitrogens with one attached hydrogen (secondary N) is 1. The summed E-state index contributed by atoms with van der Waals surface area (Å²) in [6.07, 6.45) is 3.51. The summed E-state index contributed by atoms with van der Waals surface area (Å²) in [4.78, 5) is 4.29. The largest absolute Gasteiger partial charge is 0.508 e. The van der Waals surface area contributed by atoms with Gasteiger partial charge >= 0.3 is 0 Å². The number of hydrogen-bond donors (Lipinski definition) is 3. The number of phenols is 1. The molecule has 0 radical (unpaired) electrons. The molecule has 0 atom stereocenters. The highest BCUT2D eigenvalue weighted by Crippen LogP contribution is 2.25. The van der Waals surface area contributed by atoms with Crippen LogP contribution < -0.4 is 15.8 Å². The van der Waals surface area contributed by atoms with Crippen molar-refractivity contribution in [3.8, 4) is 11.5 Å². The van der Waals surface area contributed by atoms with Gasteiger partial charge in [0.2, 0.25) is 0 Å². The molecule has 0 saturated heterocycles. The van der Waals surface area contributed by atoms with Crippen molar-refractivity contribution in [3.05, 3.63) is 53.1 Å². The molecule has 4 N–H and O–H groups in total. The second-order valence-corrected chi connectivity index (χ2v) is 5.66. The van der Waals surface area contributed by atoms with E-state index in [2.05, 4.69) is 22.4 Å². The van der Waals surface area contributed by atoms with Gasteiger partial charge in [-0.1, -0.05) is 6.07 Å². The van der Waals surface area contributed by atoms with Gasteiger partial charge in [-0.05, 0) is 60.7 Å². The van der Waals surface area contributed by atoms with E-state index in [1.54, 1.807) is 25.3 Å². The van der Waals surface area contributed by atoms with Crippen molar-refractivity contribution in [2.75, 3.05) is 12.4 Å². The van der Waals surface area contributed by atoms with Crippen LogP contribution in [-0.2, 0) is 19.4 Å². The van der Waals surface area contributed by atoms with E-state index in [-0.39, 0.29) is 36.3 Å². The van der Waals surface area contributed by atoms with Crippen molar-refractivity contribution >= 4 is 35.6 Å². The van der Waals surface area contributed by atoms with E-state index in [0.29, 0.717) is 17.3 Å². The summed E-state index contributed by atoms with van der Waals surface area (Å²) in [5.41, 5.74) is 10.4. The number of ether oxygens (including phenoxy) is 1. The normalized spacial score (nSPS) is 13.1. The van der Waals surface area contributed by atoms with Crippen LogP contribution in [0.2, 0.25) is 0 Å². The molecule has 0 heterocycles. The van der Waals surface area contributed by atoms with Gasteiger partial charge in [-0.3, -0.25) is 0 Å². The van der Waals surface area contributed by atoms with Gasteiger partial charge in [0.05, 0.1) is 13.7 Å². The first-order valence-corrected chi connectivity index (χ1v) is 7.70. The topological polar surface area (TPSA) is 79.9 Å². The maximum absolute atomic E-state index is 9.85. The summed E-state index contributed by atoms with van der Waals surface area (Å²) in [5.74, 6) is 1.18. The molecule has 128 valence electrons. The van der Waals surface area contributed by atoms with Crippen LogP contribution in [0.4, 0.5) is 5.69 Å². The van der Waals surface area contributed by atoms with Crippen molar-refractivity contribution in [2.45, 2.75) is 25.8 Å². The third kappa shape index (κ3) is 4.31. The monoisotopic (exact) mass is 439 g/mol. The molecule has 3 rings (SSSR count). The number of anilines is 1. The lowest BCUT2D eigenvalue weighted by Gasteiger charge is -2.09. The SMILES string of the molecule is COc1ccc(O)c(CN=C(N)Nc2ccc3c(c2)CCC3)c1.I. The molecule has 1 aliphatic rings. The van der Waals surface area contributed by atoms with E-state index in [0.717, 1.165) is 18.5 Å². The highest BCUT2D eigenvalue weighted by molar-refractivity contribution is 14.0. The molecule has 2 aromatic carbocycles. The number of nitrogens with two attached hydrogens (primary N) is 1. The van der Waals surface area contributed by atoms with Gasteiger partial charge in [-0.2, -0.15) is 0 Å². The Kier molecular flexibility index (Phi) is 6.30. The Labute approximate surface area is 159 Å². The summed E-state index contributed by atoms with van der Waals surface area (Å²) in [6, 6.07) is 11.3. The molecule has 2 aromatic rings. The summed E-state index contributed by atoms with van der Waals surface area (Å²) in [7, 11) is 1.59. The van der Waals surface area contributed by atoms with Crippen LogP contribution in [-0.4, -0.2) is 18.2 Å². The van der Waals surface area contributed by atoms with Crippen molar-refractivity contribution in [2.24, 2.45) is 10.7 Å². The Hall–Kier alpha value is -1.96. The first-order valence-electron chi connectivity index (χ1n) is 7.70. The average Bonchev–Trinajstić information content (AvgIpc) is 3.02. The molecule has 24 heavy (non-hydrogen) atoms. The number of benzene rings is 2. The van der Waals surface area contributed by atoms with Crippen LogP contribution in [0, 0.1) is 0 Å². The third-order valence-electron chi connectivity index (χ3n) is 4.08. The minimum atomic E-state index is 0. The molecule has 6 heteroatoms. The van der Waals surface area contributed by atoms with Gasteiger partial charge in [0.15, 0.2) is 5.96 Å². The number of aromatic hydroxyl groups is 1. The Bertz CT molecular complexity index is 747. The molecule has 0 aromatic heterocycles. The van der Waals surface area contributed by atoms with Gasteiger partial charge in [-0.15, -0.1) is 24.0 Å². The molecule has 5 nitrogen and oxygen atoms in total. The lowest BCUT2D eigenvalue weighted by Crippen LogP contribution is -2.22. The smallest absolute Gasteiger partial charge is 0.193 e. The van der Waals surface area contributed by atoms with Gasteiger partial charge in [0.25, 0.3) is 0 Å². The van der Waals surface area contributed by atoms with Crippen LogP contribution in [0.1, 0.15) is 23.1 Å². The minimum absolute atomic E-state index is 0. The van der Waals surface area contributed by atoms with Crippen LogP contribution in [0.25, 0.3) is 0 Å². The number of nitrogens with zero attached hydrogens (tertiary/aromatic N) is 1. The second kappa shape index (κ2) is 8.23. The van der Waals surface area contributed by atoms with Gasteiger partial charge in [-0.25, -0.2) is 4.99 Å². The Morgan fingerprint density at radius 1 is 1.21 bits per heavy atom. The lowest BCUT2D eigenvalue weighted by atomic mass is 10.1. The maximum atomic E-state index is 9.85. The first kappa shape index (κ1) is 18.4. The quantitative estimate of drug-likeness (QED) is 0.388. The average molecular weight is 439 g/mol. The Balaban J connectivity index is 0.00000208. The van der Waals surface area contributed by atoms with Crippen LogP contribution in [0.3, 0.4) is 0 Å². The second-order valence-electron chi connectivity index (χ2n) is 5.66. The van der Waals surface area contributed by atoms with Gasteiger partial charge in [0.1, 0.15) is 11.5 Å². The number of aryl methyl sites for hydroxylation is 2. The molecule has 0 spiro atoms. The predicted octanol–water partition coefficient (Wildman–Crippen LogP) is 3.43. The number of halogens is 1. The van der Waals surface area contributed by atoms with E-state index in [1.807, 2.05) is 6.07 Å². The highest BCUT2D eigenvalue weighted by Gasteiger charge is 2.11. The fraction of sp³-hybridized carbons (Fsp3) is 0.278. The zero-order chi connectivity index (χ0) is 16.2. The fourth-order valence-corrected chi connectivity index (χ4v) is 2.82. The zero-order valence-corrected chi connectivity index (χ0v) is 15.9. The van der Waals surface area contributed by atoms with E-state index in [9.17, 15) is 5.11 Å². The van der Waals surface area contributed by atoms with Crippen LogP contribution >= 0.6 is 24.0 Å². The zero-order valence-electron chi connectivity index (χ0n) is 13.6. The van der Waals surface area contributed by atoms with Crippen molar-refractivity contribution in [3.63, 3.8) is 0 Å². The van der Waals surface area contributed by atoms with Crippen molar-refractivity contribution in [1.29, 1.82) is 0 Å². The molecule has 0 unspecified atom stereocenters. The number of rotatable bonds is 4. The number of phenolic OH excluding ortho intramolecular Hbond substituents is 1. The van der Waals surface area contributed by atoms with Crippen molar-refractivity contribution < 1.29 is 9.84 Å². The Morgan fingerprint density at radius 3 is 2.79 bits per heavy atom. The molecule has 1 aliphatic carbocycles. The molecule has 0 saturated carbocycles. The van der Waals surface area contributed by atoms with E-state index >= 15 is 0 Å². The molecule has 0 fully saturated rings. The van der Waals surface area contributed by atoms with E-state index in [1.165, 1.54) is 17.5 Å². The highest BCUT2D eigenvalue weighted by atomic mass is 127. The van der Waals surface area contributed by atoms with Gasteiger partial charge in [0, 0.05) is 11.3 Å². The van der Waals surface area contributed by atoms with Crippen LogP contribution in [0.15, 0.2) is 41.4 Å². The van der Waals surface area contributed by atoms with Gasteiger partial charge < -0.3 is 20.9 Å². The number of hydrogen-bond acceptors (Lipinski definition) is 3. The molecule has 0 amide bonds. The van der Waals surface area contributed by atoms with Crippen LogP contribution in [0.5, 0.6) is 11.5 Å². The summed E-state index contributed by atoms with van der Waals surface area (Å²) in [5, 5.41) is 13.0. The summed E-state index contributed by atoms with van der Waals surface area (Å²) in [6.45, 7) is 0.285. The first-order chi connectivity index (χ1) is 11.2. The Morgan fingerprint density at radius 2 is 2.00 bits per heavy atom. The minimum Gasteiger partial charge on any atom is -0.508 e. The standard InChI is InChI=1S/C18H21N3O2.HI/c1-23-16-7-8-17(22)14(10-16)11-20-18(19)21-15-6-5-12-3-2-4-13(12)9-15;/h5-10,22H,2-4,11H2,1H3,(H3,19,20,21);1H. The van der Waals surface area contributed by atoms with E-state index < -0.39 is 0 Å². The number of methoxy groups -OCH3 is 1. The maximum Gasteiger partial charge on any atom is 0.193 e. The summed E-state index contributed by atoms with van der Waals surface area (Å²) >= 11 is 0. The molecular weight excluding hydrogens is 417 g/mol. The van der Waals surface area contributed by atoms with Crippen molar-refractivity contribution in [1.82, 2.24) is 0 Å². The number of aliphatic imine (C=N–C) groups is 1. The number of fused-ring (bicyclic) bond motifs is 1. The lowest BCUT2D eigenvalue weighted by molar-refractivity contribution is 0.411. The van der Waals surface area contributed by atoms with E-state index in [4.69, 9.17) is 10.5 Å². The number of guanidine groups is 1. The fourth-order valence-electron chi connectivity index (χ4n) is 2.82. The molecular formula is C18H22IN3O2. The third-order valence-corrected chi connectivity index (χ3v) is 4.08. The molecule has 0 aliphatic heterocycles. The molecule has 0 bridgehead atoms. The summed E-state index contributed by atoms with van der Waals surface area (Å²) < 4.78 is 5.15. The predicted molar refractivity (Wildman–Crippen MR) is 107 cm³/mol.